The summed E-state index contributed by atoms with van der Waals surface area (Å²) in [5, 5.41) is 5.23. The molecule has 8 heteroatoms. The number of hydrogen-bond acceptors (Lipinski definition) is 2. The maximum Gasteiger partial charge on any atom is 0.309 e. The third-order valence-corrected chi connectivity index (χ3v) is 2.34. The lowest BCUT2D eigenvalue weighted by molar-refractivity contribution is -0.869. The number of amides is 2. The van der Waals surface area contributed by atoms with Crippen LogP contribution in [0.5, 0.6) is 0 Å². The van der Waals surface area contributed by atoms with Crippen LogP contribution in [0.4, 0.5) is 0 Å². The molecule has 0 radical (unpaired) electrons. The molecule has 2 amide bonds. The molecule has 0 atom stereocenters. The highest BCUT2D eigenvalue weighted by atomic mass is 127. The Morgan fingerprint density at radius 2 is 0.950 bits per heavy atom. The third-order valence-electron chi connectivity index (χ3n) is 2.34. The van der Waals surface area contributed by atoms with E-state index >= 15 is 0 Å². The molecule has 0 saturated carbocycles. The Bertz CT molecular complexity index is 269. The molecule has 0 unspecified atom stereocenters. The van der Waals surface area contributed by atoms with Crippen LogP contribution in [0.1, 0.15) is 0 Å². The molecule has 0 heterocycles. The average Bonchev–Trinajstić information content (AvgIpc) is 2.13. The van der Waals surface area contributed by atoms with Crippen molar-refractivity contribution in [1.82, 2.24) is 10.6 Å². The van der Waals surface area contributed by atoms with Gasteiger partial charge in [0.25, 0.3) is 0 Å². The summed E-state index contributed by atoms with van der Waals surface area (Å²) in [5.74, 6) is -1.10. The number of nitrogens with zero attached hydrogens (tertiary/aromatic N) is 2. The molecule has 20 heavy (non-hydrogen) atoms. The monoisotopic (exact) mass is 514 g/mol. The smallest absolute Gasteiger partial charge is 0.309 e. The first kappa shape index (κ1) is 25.3. The van der Waals surface area contributed by atoms with E-state index in [1.165, 1.54) is 0 Å². The summed E-state index contributed by atoms with van der Waals surface area (Å²) in [6.07, 6.45) is 0. The molecule has 0 aliphatic heterocycles. The van der Waals surface area contributed by atoms with Crippen molar-refractivity contribution in [3.05, 3.63) is 0 Å². The normalized spacial score (nSPS) is 10.9. The molecule has 0 saturated heterocycles. The highest BCUT2D eigenvalue weighted by molar-refractivity contribution is 6.35. The Balaban J connectivity index is -0.00000144. The maximum absolute atomic E-state index is 11.4. The minimum absolute atomic E-state index is 0. The molecule has 0 aliphatic carbocycles. The SMILES string of the molecule is C[N+](C)(C)CCNC(=O)C(=O)NCC[N+](C)(C)C.[I-].[I-]. The second kappa shape index (κ2) is 11.0. The molecule has 0 fully saturated rings. The van der Waals surface area contributed by atoms with Crippen molar-refractivity contribution in [2.75, 3.05) is 68.5 Å². The van der Waals surface area contributed by atoms with Gasteiger partial charge in [0.1, 0.15) is 0 Å². The molecule has 0 rings (SSSR count). The number of likely N-dealkylation sites (N-methyl/N-ethyl adjacent to an activating group) is 2. The summed E-state index contributed by atoms with van der Waals surface area (Å²) in [5.41, 5.74) is 0. The van der Waals surface area contributed by atoms with Crippen LogP contribution in [0.2, 0.25) is 0 Å². The van der Waals surface area contributed by atoms with E-state index in [9.17, 15) is 9.59 Å². The Morgan fingerprint density at radius 3 is 1.15 bits per heavy atom. The average molecular weight is 514 g/mol. The van der Waals surface area contributed by atoms with E-state index in [2.05, 4.69) is 10.6 Å². The topological polar surface area (TPSA) is 58.2 Å². The van der Waals surface area contributed by atoms with Gasteiger partial charge in [-0.2, -0.15) is 0 Å². The lowest BCUT2D eigenvalue weighted by atomic mass is 10.4. The van der Waals surface area contributed by atoms with Crippen molar-refractivity contribution in [3.8, 4) is 0 Å². The van der Waals surface area contributed by atoms with Crippen molar-refractivity contribution in [1.29, 1.82) is 0 Å². The first-order chi connectivity index (χ1) is 8.01. The zero-order valence-corrected chi connectivity index (χ0v) is 17.6. The van der Waals surface area contributed by atoms with Gasteiger partial charge in [0, 0.05) is 0 Å². The van der Waals surface area contributed by atoms with E-state index in [1.54, 1.807) is 0 Å². The zero-order valence-electron chi connectivity index (χ0n) is 13.3. The van der Waals surface area contributed by atoms with Crippen LogP contribution in [0.25, 0.3) is 0 Å². The highest BCUT2D eigenvalue weighted by Gasteiger charge is 2.15. The lowest BCUT2D eigenvalue weighted by Gasteiger charge is -2.24. The summed E-state index contributed by atoms with van der Waals surface area (Å²) in [4.78, 5) is 22.9. The van der Waals surface area contributed by atoms with E-state index in [1.807, 2.05) is 42.3 Å². The van der Waals surface area contributed by atoms with E-state index in [0.29, 0.717) is 13.1 Å². The number of rotatable bonds is 6. The number of quaternary nitrogens is 2. The van der Waals surface area contributed by atoms with Crippen molar-refractivity contribution >= 4 is 11.8 Å². The molecule has 2 N–H and O–H groups in total. The number of hydrogen-bond donors (Lipinski definition) is 2. The standard InChI is InChI=1S/C12H26N4O2.2HI/c1-15(2,3)9-7-13-11(17)12(18)14-8-10-16(4,5)6;;/h7-10H2,1-6H3;2*1H. The molecule has 0 spiro atoms. The lowest BCUT2D eigenvalue weighted by Crippen LogP contribution is -3.00. The highest BCUT2D eigenvalue weighted by Crippen LogP contribution is 1.87. The van der Waals surface area contributed by atoms with Gasteiger partial charge in [-0.3, -0.25) is 9.59 Å². The van der Waals surface area contributed by atoms with E-state index in [0.717, 1.165) is 22.1 Å². The van der Waals surface area contributed by atoms with Gasteiger partial charge in [-0.1, -0.05) is 0 Å². The predicted octanol–water partition coefficient (Wildman–Crippen LogP) is -7.36. The summed E-state index contributed by atoms with van der Waals surface area (Å²) in [6.45, 7) is 2.59. The van der Waals surface area contributed by atoms with Crippen molar-refractivity contribution < 1.29 is 66.5 Å². The molecule has 0 bridgehead atoms. The molecular weight excluding hydrogens is 486 g/mol. The molecule has 0 aromatic heterocycles. The Labute approximate surface area is 156 Å². The first-order valence-corrected chi connectivity index (χ1v) is 6.18. The molecule has 0 aliphatic rings. The van der Waals surface area contributed by atoms with Gasteiger partial charge in [-0.25, -0.2) is 0 Å². The minimum Gasteiger partial charge on any atom is -1.00 e. The van der Waals surface area contributed by atoms with Crippen molar-refractivity contribution in [2.45, 2.75) is 0 Å². The van der Waals surface area contributed by atoms with Crippen LogP contribution in [0, 0.1) is 0 Å². The molecule has 0 aromatic carbocycles. The van der Waals surface area contributed by atoms with Gasteiger partial charge in [-0.05, 0) is 0 Å². The fourth-order valence-corrected chi connectivity index (χ4v) is 1.17. The third kappa shape index (κ3) is 16.4. The number of carbonyl (C=O) groups is 2. The van der Waals surface area contributed by atoms with E-state index < -0.39 is 11.8 Å². The van der Waals surface area contributed by atoms with E-state index in [-0.39, 0.29) is 48.0 Å². The van der Waals surface area contributed by atoms with Gasteiger partial charge in [-0.15, -0.1) is 0 Å². The maximum atomic E-state index is 11.4. The van der Waals surface area contributed by atoms with Gasteiger partial charge in [0.2, 0.25) is 0 Å². The van der Waals surface area contributed by atoms with Crippen LogP contribution in [0.15, 0.2) is 0 Å². The Hall–Kier alpha value is 0.320. The summed E-state index contributed by atoms with van der Waals surface area (Å²) in [6, 6.07) is 0. The number of carbonyl (C=O) groups excluding carboxylic acids is 2. The molecule has 122 valence electrons. The molecule has 6 nitrogen and oxygen atoms in total. The predicted molar refractivity (Wildman–Crippen MR) is 71.8 cm³/mol. The van der Waals surface area contributed by atoms with Crippen LogP contribution in [-0.4, -0.2) is 89.2 Å². The molecular formula is C12H28I2N4O2. The summed E-state index contributed by atoms with van der Waals surface area (Å²) < 4.78 is 1.51. The molecule has 0 aromatic rings. The van der Waals surface area contributed by atoms with Gasteiger partial charge in [0.05, 0.1) is 68.5 Å². The largest absolute Gasteiger partial charge is 1.00 e. The van der Waals surface area contributed by atoms with Crippen molar-refractivity contribution in [2.24, 2.45) is 0 Å². The van der Waals surface area contributed by atoms with Gasteiger partial charge in [0.15, 0.2) is 0 Å². The number of nitrogens with one attached hydrogen (secondary N) is 2. The first-order valence-electron chi connectivity index (χ1n) is 6.18. The van der Waals surface area contributed by atoms with Gasteiger partial charge >= 0.3 is 11.8 Å². The second-order valence-electron chi connectivity index (χ2n) is 6.54. The Morgan fingerprint density at radius 1 is 0.700 bits per heavy atom. The van der Waals surface area contributed by atoms with Crippen molar-refractivity contribution in [3.63, 3.8) is 0 Å². The van der Waals surface area contributed by atoms with Crippen LogP contribution in [-0.2, 0) is 9.59 Å². The second-order valence-corrected chi connectivity index (χ2v) is 6.54. The van der Waals surface area contributed by atoms with Crippen LogP contribution >= 0.6 is 0 Å². The number of halogens is 2. The zero-order chi connectivity index (χ0) is 14.4. The fourth-order valence-electron chi connectivity index (χ4n) is 1.17. The van der Waals surface area contributed by atoms with Gasteiger partial charge < -0.3 is 67.6 Å². The Kier molecular flexibility index (Phi) is 13.9. The summed E-state index contributed by atoms with van der Waals surface area (Å²) in [7, 11) is 12.2. The fraction of sp³-hybridized carbons (Fsp3) is 0.833. The van der Waals surface area contributed by atoms with Crippen LogP contribution in [0.3, 0.4) is 0 Å². The minimum atomic E-state index is -0.551. The van der Waals surface area contributed by atoms with E-state index in [4.69, 9.17) is 0 Å². The summed E-state index contributed by atoms with van der Waals surface area (Å²) >= 11 is 0. The van der Waals surface area contributed by atoms with Crippen LogP contribution < -0.4 is 58.6 Å². The quantitative estimate of drug-likeness (QED) is 0.211.